The Morgan fingerprint density at radius 3 is 2.67 bits per heavy atom. The van der Waals surface area contributed by atoms with Gasteiger partial charge in [0.2, 0.25) is 0 Å². The largest absolute Gasteiger partial charge is 0.458 e. The highest BCUT2D eigenvalue weighted by Gasteiger charge is 2.27. The summed E-state index contributed by atoms with van der Waals surface area (Å²) < 4.78 is 5.24. The lowest BCUT2D eigenvalue weighted by Crippen LogP contribution is -2.21. The monoisotopic (exact) mass is 306 g/mol. The molecule has 1 heterocycles. The molecule has 0 radical (unpaired) electrons. The number of hydrogen-bond acceptors (Lipinski definition) is 3. The zero-order valence-electron chi connectivity index (χ0n) is 11.6. The van der Waals surface area contributed by atoms with E-state index in [4.69, 9.17) is 21.8 Å². The van der Waals surface area contributed by atoms with Crippen molar-refractivity contribution in [3.8, 4) is 0 Å². The molecule has 1 atom stereocenters. The minimum atomic E-state index is -0.641. The van der Waals surface area contributed by atoms with Gasteiger partial charge in [0.15, 0.2) is 5.76 Å². The van der Waals surface area contributed by atoms with Crippen LogP contribution in [0.25, 0.3) is 0 Å². The van der Waals surface area contributed by atoms with Crippen LogP contribution in [0.5, 0.6) is 0 Å². The van der Waals surface area contributed by atoms with E-state index in [2.05, 4.69) is 5.32 Å². The van der Waals surface area contributed by atoms with Crippen molar-refractivity contribution in [3.63, 3.8) is 0 Å². The van der Waals surface area contributed by atoms with Gasteiger partial charge < -0.3 is 15.5 Å². The number of hydrogen-bond donors (Lipinski definition) is 2. The molecule has 5 nitrogen and oxygen atoms in total. The van der Waals surface area contributed by atoms with E-state index in [1.807, 2.05) is 13.0 Å². The summed E-state index contributed by atoms with van der Waals surface area (Å²) >= 11 is 5.99. The first kappa shape index (κ1) is 15.1. The highest BCUT2D eigenvalue weighted by Crippen LogP contribution is 2.32. The molecule has 2 aromatic rings. The molecule has 1 aromatic heterocycles. The summed E-state index contributed by atoms with van der Waals surface area (Å²) in [5.74, 6) is -1.24. The molecule has 0 bridgehead atoms. The Hall–Kier alpha value is -2.27. The highest BCUT2D eigenvalue weighted by molar-refractivity contribution is 6.30. The van der Waals surface area contributed by atoms with E-state index in [-0.39, 0.29) is 17.2 Å². The second kappa shape index (κ2) is 6.01. The molecular weight excluding hydrogens is 292 g/mol. The minimum absolute atomic E-state index is 0.0822. The van der Waals surface area contributed by atoms with Gasteiger partial charge in [-0.3, -0.25) is 9.59 Å². The van der Waals surface area contributed by atoms with Crippen LogP contribution >= 0.6 is 11.6 Å². The maximum atomic E-state index is 11.9. The summed E-state index contributed by atoms with van der Waals surface area (Å²) in [4.78, 5) is 23.4. The number of benzene rings is 1. The highest BCUT2D eigenvalue weighted by atomic mass is 35.5. The number of nitrogens with two attached hydrogens (primary N) is 1. The minimum Gasteiger partial charge on any atom is -0.458 e. The molecule has 1 unspecified atom stereocenters. The van der Waals surface area contributed by atoms with E-state index >= 15 is 0 Å². The fourth-order valence-corrected chi connectivity index (χ4v) is 2.42. The maximum Gasteiger partial charge on any atom is 0.287 e. The number of amides is 2. The molecule has 2 amide bonds. The molecule has 0 spiro atoms. The Morgan fingerprint density at radius 1 is 1.38 bits per heavy atom. The van der Waals surface area contributed by atoms with Gasteiger partial charge in [0, 0.05) is 23.6 Å². The zero-order chi connectivity index (χ0) is 15.6. The first-order valence-corrected chi connectivity index (χ1v) is 6.72. The zero-order valence-corrected chi connectivity index (χ0v) is 12.4. The first-order valence-electron chi connectivity index (χ1n) is 6.34. The van der Waals surface area contributed by atoms with Crippen molar-refractivity contribution >= 4 is 23.4 Å². The van der Waals surface area contributed by atoms with Crippen molar-refractivity contribution in [3.05, 3.63) is 58.0 Å². The molecule has 2 rings (SSSR count). The van der Waals surface area contributed by atoms with E-state index in [0.717, 1.165) is 5.56 Å². The number of nitrogens with one attached hydrogen (secondary N) is 1. The Bertz CT molecular complexity index is 694. The number of furan rings is 1. The van der Waals surface area contributed by atoms with Crippen LogP contribution in [0.4, 0.5) is 0 Å². The molecule has 0 aliphatic heterocycles. The van der Waals surface area contributed by atoms with Crippen LogP contribution in [0.15, 0.2) is 34.9 Å². The van der Waals surface area contributed by atoms with Crippen LogP contribution in [-0.4, -0.2) is 18.9 Å². The molecule has 0 aliphatic carbocycles. The molecule has 110 valence electrons. The molecule has 21 heavy (non-hydrogen) atoms. The van der Waals surface area contributed by atoms with Crippen molar-refractivity contribution in [1.29, 1.82) is 0 Å². The van der Waals surface area contributed by atoms with Crippen LogP contribution in [0, 0.1) is 0 Å². The Labute approximate surface area is 127 Å². The van der Waals surface area contributed by atoms with Crippen molar-refractivity contribution < 1.29 is 14.0 Å². The third-order valence-electron chi connectivity index (χ3n) is 3.31. The quantitative estimate of drug-likeness (QED) is 0.910. The van der Waals surface area contributed by atoms with E-state index in [9.17, 15) is 9.59 Å². The summed E-state index contributed by atoms with van der Waals surface area (Å²) in [6.07, 6.45) is 1.21. The summed E-state index contributed by atoms with van der Waals surface area (Å²) in [7, 11) is 1.49. The van der Waals surface area contributed by atoms with Crippen molar-refractivity contribution in [2.24, 2.45) is 5.73 Å². The fourth-order valence-electron chi connectivity index (χ4n) is 2.22. The Morgan fingerprint density at radius 2 is 2.10 bits per heavy atom. The molecule has 3 N–H and O–H groups in total. The molecule has 0 saturated carbocycles. The lowest BCUT2D eigenvalue weighted by atomic mass is 9.90. The van der Waals surface area contributed by atoms with Gasteiger partial charge in [0.1, 0.15) is 6.26 Å². The number of primary amides is 1. The van der Waals surface area contributed by atoms with E-state index in [0.29, 0.717) is 10.6 Å². The molecule has 0 saturated heterocycles. The van der Waals surface area contributed by atoms with Gasteiger partial charge in [-0.05, 0) is 17.7 Å². The maximum absolute atomic E-state index is 11.9. The van der Waals surface area contributed by atoms with Crippen molar-refractivity contribution in [2.45, 2.75) is 12.8 Å². The average molecular weight is 307 g/mol. The average Bonchev–Trinajstić information content (AvgIpc) is 2.90. The van der Waals surface area contributed by atoms with E-state index in [1.54, 1.807) is 18.2 Å². The summed E-state index contributed by atoms with van der Waals surface area (Å²) in [6.45, 7) is 1.86. The number of carbonyl (C=O) groups is 2. The third kappa shape index (κ3) is 2.92. The van der Waals surface area contributed by atoms with Gasteiger partial charge in [0.05, 0.1) is 5.56 Å². The molecule has 0 aliphatic rings. The summed E-state index contributed by atoms with van der Waals surface area (Å²) in [5, 5.41) is 3.05. The number of carbonyl (C=O) groups excluding carboxylic acids is 2. The third-order valence-corrected chi connectivity index (χ3v) is 3.54. The molecule has 1 aromatic carbocycles. The second-order valence-corrected chi connectivity index (χ2v) is 5.05. The Kier molecular flexibility index (Phi) is 4.33. The second-order valence-electron chi connectivity index (χ2n) is 4.61. The smallest absolute Gasteiger partial charge is 0.287 e. The van der Waals surface area contributed by atoms with Gasteiger partial charge in [-0.2, -0.15) is 0 Å². The van der Waals surface area contributed by atoms with Gasteiger partial charge in [-0.15, -0.1) is 0 Å². The van der Waals surface area contributed by atoms with Crippen LogP contribution in [0.3, 0.4) is 0 Å². The molecule has 6 heteroatoms. The van der Waals surface area contributed by atoms with Gasteiger partial charge in [0.25, 0.3) is 11.8 Å². The van der Waals surface area contributed by atoms with Crippen LogP contribution in [0.1, 0.15) is 44.9 Å². The Balaban J connectivity index is 2.57. The SMILES string of the molecule is CNC(=O)c1occ(C(N)=O)c1C(C)c1cccc(Cl)c1. The molecule has 0 fully saturated rings. The lowest BCUT2D eigenvalue weighted by Gasteiger charge is -2.13. The van der Waals surface area contributed by atoms with Crippen LogP contribution in [0.2, 0.25) is 5.02 Å². The van der Waals surface area contributed by atoms with Crippen molar-refractivity contribution in [1.82, 2.24) is 5.32 Å². The standard InChI is InChI=1S/C15H15ClN2O3/c1-8(9-4-3-5-10(16)6-9)12-11(14(17)19)7-21-13(12)15(20)18-2/h3-8H,1-2H3,(H2,17,19)(H,18,20). The predicted octanol–water partition coefficient (Wildman–Crippen LogP) is 2.54. The van der Waals surface area contributed by atoms with E-state index < -0.39 is 11.8 Å². The van der Waals surface area contributed by atoms with Crippen LogP contribution < -0.4 is 11.1 Å². The van der Waals surface area contributed by atoms with Crippen molar-refractivity contribution in [2.75, 3.05) is 7.05 Å². The lowest BCUT2D eigenvalue weighted by molar-refractivity contribution is 0.0933. The molecular formula is C15H15ClN2O3. The topological polar surface area (TPSA) is 85.3 Å². The first-order chi connectivity index (χ1) is 9.95. The normalized spacial score (nSPS) is 12.0. The van der Waals surface area contributed by atoms with E-state index in [1.165, 1.54) is 13.3 Å². The fraction of sp³-hybridized carbons (Fsp3) is 0.200. The van der Waals surface area contributed by atoms with Gasteiger partial charge in [-0.25, -0.2) is 0 Å². The van der Waals surface area contributed by atoms with Gasteiger partial charge in [-0.1, -0.05) is 30.7 Å². The van der Waals surface area contributed by atoms with Crippen LogP contribution in [-0.2, 0) is 0 Å². The van der Waals surface area contributed by atoms with Gasteiger partial charge >= 0.3 is 0 Å². The summed E-state index contributed by atoms with van der Waals surface area (Å²) in [5.41, 5.74) is 6.87. The predicted molar refractivity (Wildman–Crippen MR) is 79.6 cm³/mol. The number of rotatable bonds is 4. The number of halogens is 1. The summed E-state index contributed by atoms with van der Waals surface area (Å²) in [6, 6.07) is 7.19.